The maximum atomic E-state index is 13.6. The molecule has 4 aromatic carbocycles. The van der Waals surface area contributed by atoms with Crippen molar-refractivity contribution in [3.05, 3.63) is 118 Å². The second-order valence-electron chi connectivity index (χ2n) is 8.28. The number of benzene rings is 4. The molecule has 0 fully saturated rings. The first-order valence-corrected chi connectivity index (χ1v) is 10.8. The molecule has 0 saturated heterocycles. The van der Waals surface area contributed by atoms with Gasteiger partial charge in [-0.15, -0.1) is 0 Å². The number of nitro benzene ring substituents is 1. The summed E-state index contributed by atoms with van der Waals surface area (Å²) in [5.74, 6) is -1.31. The van der Waals surface area contributed by atoms with Crippen molar-refractivity contribution in [2.45, 2.75) is 18.6 Å². The van der Waals surface area contributed by atoms with E-state index < -0.39 is 28.6 Å². The largest absolute Gasteiger partial charge is 0.375 e. The van der Waals surface area contributed by atoms with E-state index in [4.69, 9.17) is 0 Å². The molecule has 0 radical (unpaired) electrons. The van der Waals surface area contributed by atoms with Gasteiger partial charge in [0.05, 0.1) is 29.1 Å². The van der Waals surface area contributed by atoms with E-state index in [0.717, 1.165) is 16.3 Å². The predicted molar refractivity (Wildman–Crippen MR) is 128 cm³/mol. The van der Waals surface area contributed by atoms with Gasteiger partial charge in [-0.2, -0.15) is 0 Å². The SMILES string of the molecule is O=C(C[C@@]1(O)C(=O)N(Cc2cccc3ccccc23)c2ccccc21)c1ccccc1[N+](=O)[O-]. The summed E-state index contributed by atoms with van der Waals surface area (Å²) in [6.45, 7) is 0.208. The first kappa shape index (κ1) is 21.5. The zero-order valence-electron chi connectivity index (χ0n) is 18.0. The topological polar surface area (TPSA) is 101 Å². The second kappa shape index (κ2) is 8.20. The Morgan fingerprint density at radius 2 is 1.59 bits per heavy atom. The molecule has 4 aromatic rings. The molecule has 0 aromatic heterocycles. The van der Waals surface area contributed by atoms with Crippen LogP contribution in [0.2, 0.25) is 0 Å². The third-order valence-electron chi connectivity index (χ3n) is 6.27. The summed E-state index contributed by atoms with van der Waals surface area (Å²) >= 11 is 0. The van der Waals surface area contributed by atoms with Gasteiger partial charge >= 0.3 is 0 Å². The van der Waals surface area contributed by atoms with E-state index in [1.54, 1.807) is 24.3 Å². The van der Waals surface area contributed by atoms with Crippen molar-refractivity contribution in [1.82, 2.24) is 0 Å². The summed E-state index contributed by atoms with van der Waals surface area (Å²) in [5, 5.41) is 25.0. The normalized spacial score (nSPS) is 17.1. The number of carbonyl (C=O) groups is 2. The van der Waals surface area contributed by atoms with Crippen molar-refractivity contribution in [3.8, 4) is 0 Å². The molecule has 7 heteroatoms. The van der Waals surface area contributed by atoms with E-state index >= 15 is 0 Å². The van der Waals surface area contributed by atoms with E-state index in [2.05, 4.69) is 0 Å². The molecule has 1 aliphatic heterocycles. The van der Waals surface area contributed by atoms with Gasteiger partial charge in [-0.1, -0.05) is 72.8 Å². The number of amides is 1. The minimum Gasteiger partial charge on any atom is -0.375 e. The highest BCUT2D eigenvalue weighted by atomic mass is 16.6. The summed E-state index contributed by atoms with van der Waals surface area (Å²) < 4.78 is 0. The number of nitrogens with zero attached hydrogens (tertiary/aromatic N) is 2. The van der Waals surface area contributed by atoms with Gasteiger partial charge in [0, 0.05) is 11.6 Å². The number of aliphatic hydroxyl groups is 1. The quantitative estimate of drug-likeness (QED) is 0.258. The lowest BCUT2D eigenvalue weighted by Gasteiger charge is -2.23. The maximum absolute atomic E-state index is 13.6. The molecule has 0 unspecified atom stereocenters. The van der Waals surface area contributed by atoms with Crippen LogP contribution >= 0.6 is 0 Å². The van der Waals surface area contributed by atoms with Gasteiger partial charge in [-0.25, -0.2) is 0 Å². The van der Waals surface area contributed by atoms with Crippen molar-refractivity contribution in [2.24, 2.45) is 0 Å². The predicted octanol–water partition coefficient (Wildman–Crippen LogP) is 4.76. The number of nitro groups is 1. The number of carbonyl (C=O) groups excluding carboxylic acids is 2. The molecule has 1 aliphatic rings. The smallest absolute Gasteiger partial charge is 0.280 e. The van der Waals surface area contributed by atoms with Gasteiger partial charge in [0.25, 0.3) is 11.6 Å². The number of fused-ring (bicyclic) bond motifs is 2. The zero-order chi connectivity index (χ0) is 23.9. The first-order valence-electron chi connectivity index (χ1n) is 10.8. The van der Waals surface area contributed by atoms with Crippen LogP contribution in [0, 0.1) is 10.1 Å². The molecule has 1 N–H and O–H groups in total. The van der Waals surface area contributed by atoms with Crippen LogP contribution in [0.15, 0.2) is 91.0 Å². The second-order valence-corrected chi connectivity index (χ2v) is 8.28. The Labute approximate surface area is 195 Å². The lowest BCUT2D eigenvalue weighted by molar-refractivity contribution is -0.385. The van der Waals surface area contributed by atoms with Crippen molar-refractivity contribution >= 4 is 33.8 Å². The fourth-order valence-corrected chi connectivity index (χ4v) is 4.63. The average molecular weight is 452 g/mol. The highest BCUT2D eigenvalue weighted by Crippen LogP contribution is 2.44. The summed E-state index contributed by atoms with van der Waals surface area (Å²) in [6, 6.07) is 26.0. The van der Waals surface area contributed by atoms with E-state index in [1.807, 2.05) is 42.5 Å². The highest BCUT2D eigenvalue weighted by molar-refractivity contribution is 6.11. The summed E-state index contributed by atoms with van der Waals surface area (Å²) in [5.41, 5.74) is -0.899. The van der Waals surface area contributed by atoms with Crippen LogP contribution in [-0.2, 0) is 16.9 Å². The Balaban J connectivity index is 1.53. The molecule has 1 amide bonds. The first-order chi connectivity index (χ1) is 16.4. The van der Waals surface area contributed by atoms with Crippen LogP contribution < -0.4 is 4.90 Å². The molecule has 0 spiro atoms. The standard InChI is InChI=1S/C27H20N2O5/c30-25(21-12-3-5-14-23(21)29(33)34)16-27(32)22-13-4-6-15-24(22)28(26(27)31)17-19-10-7-9-18-8-1-2-11-20(18)19/h1-15,32H,16-17H2/t27-/m0/s1. The lowest BCUT2D eigenvalue weighted by atomic mass is 9.88. The number of Topliss-reactive ketones (excluding diaryl/α,β-unsaturated/α-hetero) is 1. The van der Waals surface area contributed by atoms with Crippen LogP contribution in [0.1, 0.15) is 27.9 Å². The summed E-state index contributed by atoms with van der Waals surface area (Å²) in [6.07, 6.45) is -0.597. The molecular formula is C27H20N2O5. The van der Waals surface area contributed by atoms with Gasteiger partial charge in [0.15, 0.2) is 11.4 Å². The van der Waals surface area contributed by atoms with Crippen LogP contribution in [0.25, 0.3) is 10.8 Å². The molecular weight excluding hydrogens is 432 g/mol. The van der Waals surface area contributed by atoms with Gasteiger partial charge in [0.1, 0.15) is 0 Å². The number of rotatable bonds is 6. The fourth-order valence-electron chi connectivity index (χ4n) is 4.63. The zero-order valence-corrected chi connectivity index (χ0v) is 18.0. The highest BCUT2D eigenvalue weighted by Gasteiger charge is 2.51. The van der Waals surface area contributed by atoms with Crippen LogP contribution in [-0.4, -0.2) is 21.7 Å². The monoisotopic (exact) mass is 452 g/mol. The molecule has 1 heterocycles. The molecule has 0 aliphatic carbocycles. The molecule has 34 heavy (non-hydrogen) atoms. The molecule has 7 nitrogen and oxygen atoms in total. The third kappa shape index (κ3) is 3.43. The van der Waals surface area contributed by atoms with Gasteiger partial charge in [-0.05, 0) is 28.5 Å². The lowest BCUT2D eigenvalue weighted by Crippen LogP contribution is -2.41. The van der Waals surface area contributed by atoms with Crippen LogP contribution in [0.4, 0.5) is 11.4 Å². The fraction of sp³-hybridized carbons (Fsp3) is 0.111. The maximum Gasteiger partial charge on any atom is 0.280 e. The number of para-hydroxylation sites is 2. The molecule has 0 saturated carbocycles. The Hall–Kier alpha value is -4.36. The Bertz CT molecular complexity index is 1460. The Morgan fingerprint density at radius 1 is 0.912 bits per heavy atom. The van der Waals surface area contributed by atoms with E-state index in [9.17, 15) is 24.8 Å². The molecule has 5 rings (SSSR count). The third-order valence-corrected chi connectivity index (χ3v) is 6.27. The van der Waals surface area contributed by atoms with Crippen LogP contribution in [0.5, 0.6) is 0 Å². The number of anilines is 1. The van der Waals surface area contributed by atoms with Crippen molar-refractivity contribution < 1.29 is 19.6 Å². The number of ketones is 1. The van der Waals surface area contributed by atoms with Gasteiger partial charge < -0.3 is 10.0 Å². The Kier molecular flexibility index (Phi) is 5.18. The average Bonchev–Trinajstić information content (AvgIpc) is 3.06. The van der Waals surface area contributed by atoms with Gasteiger partial charge in [0.2, 0.25) is 0 Å². The molecule has 1 atom stereocenters. The van der Waals surface area contributed by atoms with Crippen LogP contribution in [0.3, 0.4) is 0 Å². The van der Waals surface area contributed by atoms with Crippen molar-refractivity contribution in [1.29, 1.82) is 0 Å². The van der Waals surface area contributed by atoms with E-state index in [0.29, 0.717) is 11.3 Å². The number of hydrogen-bond acceptors (Lipinski definition) is 5. The van der Waals surface area contributed by atoms with Gasteiger partial charge in [-0.3, -0.25) is 19.7 Å². The van der Waals surface area contributed by atoms with E-state index in [1.165, 1.54) is 29.2 Å². The minimum absolute atomic E-state index is 0.140. The molecule has 168 valence electrons. The number of hydrogen-bond donors (Lipinski definition) is 1. The van der Waals surface area contributed by atoms with Crippen molar-refractivity contribution in [3.63, 3.8) is 0 Å². The minimum atomic E-state index is -2.12. The molecule has 0 bridgehead atoms. The Morgan fingerprint density at radius 3 is 2.41 bits per heavy atom. The summed E-state index contributed by atoms with van der Waals surface area (Å²) in [7, 11) is 0. The van der Waals surface area contributed by atoms with E-state index in [-0.39, 0.29) is 17.8 Å². The summed E-state index contributed by atoms with van der Waals surface area (Å²) in [4.78, 5) is 38.9. The van der Waals surface area contributed by atoms with Crippen molar-refractivity contribution in [2.75, 3.05) is 4.90 Å².